The van der Waals surface area contributed by atoms with Gasteiger partial charge in [-0.2, -0.15) is 0 Å². The Morgan fingerprint density at radius 3 is 2.21 bits per heavy atom. The van der Waals surface area contributed by atoms with Crippen LogP contribution < -0.4 is 5.73 Å². The smallest absolute Gasteiger partial charge is 0.0450 e. The second-order valence-electron chi connectivity index (χ2n) is 3.14. The summed E-state index contributed by atoms with van der Waals surface area (Å²) in [5.41, 5.74) is 8.73. The van der Waals surface area contributed by atoms with Gasteiger partial charge in [0, 0.05) is 10.6 Å². The Morgan fingerprint density at radius 1 is 0.857 bits per heavy atom. The van der Waals surface area contributed by atoms with E-state index in [0.717, 1.165) is 10.5 Å². The SMILES string of the molecule is Nc1ccc(-c2ccccc2)cc1S. The molecule has 2 heteroatoms. The van der Waals surface area contributed by atoms with Crippen molar-refractivity contribution in [2.75, 3.05) is 5.73 Å². The third-order valence-electron chi connectivity index (χ3n) is 2.14. The Labute approximate surface area is 89.0 Å². The summed E-state index contributed by atoms with van der Waals surface area (Å²) in [4.78, 5) is 0.825. The fourth-order valence-electron chi connectivity index (χ4n) is 1.35. The zero-order valence-corrected chi connectivity index (χ0v) is 8.54. The average Bonchev–Trinajstić information content (AvgIpc) is 2.23. The number of nitrogen functional groups attached to an aromatic ring is 1. The molecule has 0 bridgehead atoms. The third kappa shape index (κ3) is 1.75. The summed E-state index contributed by atoms with van der Waals surface area (Å²) in [6, 6.07) is 16.0. The highest BCUT2D eigenvalue weighted by molar-refractivity contribution is 7.80. The minimum absolute atomic E-state index is 0.716. The van der Waals surface area contributed by atoms with Gasteiger partial charge in [0.25, 0.3) is 0 Å². The number of hydrogen-bond donors (Lipinski definition) is 2. The maximum absolute atomic E-state index is 5.69. The zero-order valence-electron chi connectivity index (χ0n) is 7.64. The number of hydrogen-bond acceptors (Lipinski definition) is 2. The van der Waals surface area contributed by atoms with Gasteiger partial charge in [0.2, 0.25) is 0 Å². The highest BCUT2D eigenvalue weighted by Crippen LogP contribution is 2.25. The number of rotatable bonds is 1. The van der Waals surface area contributed by atoms with E-state index in [1.807, 2.05) is 36.4 Å². The van der Waals surface area contributed by atoms with Crippen LogP contribution in [0.3, 0.4) is 0 Å². The molecule has 14 heavy (non-hydrogen) atoms. The minimum Gasteiger partial charge on any atom is -0.398 e. The molecule has 0 saturated heterocycles. The van der Waals surface area contributed by atoms with Crippen LogP contribution in [0.25, 0.3) is 11.1 Å². The van der Waals surface area contributed by atoms with Crippen LogP contribution in [0.15, 0.2) is 53.4 Å². The second kappa shape index (κ2) is 3.76. The Kier molecular flexibility index (Phi) is 2.46. The minimum atomic E-state index is 0.716. The van der Waals surface area contributed by atoms with Gasteiger partial charge in [-0.3, -0.25) is 0 Å². The molecule has 0 heterocycles. The standard InChI is InChI=1S/C12H11NS/c13-11-7-6-10(8-12(11)14)9-4-2-1-3-5-9/h1-8,14H,13H2. The molecule has 0 aliphatic heterocycles. The normalized spacial score (nSPS) is 10.1. The van der Waals surface area contributed by atoms with E-state index in [9.17, 15) is 0 Å². The summed E-state index contributed by atoms with van der Waals surface area (Å²) < 4.78 is 0. The summed E-state index contributed by atoms with van der Waals surface area (Å²) in [6.45, 7) is 0. The molecule has 0 spiro atoms. The average molecular weight is 201 g/mol. The third-order valence-corrected chi connectivity index (χ3v) is 2.52. The molecule has 2 aromatic carbocycles. The van der Waals surface area contributed by atoms with Crippen molar-refractivity contribution in [2.24, 2.45) is 0 Å². The van der Waals surface area contributed by atoms with Gasteiger partial charge in [0.1, 0.15) is 0 Å². The highest BCUT2D eigenvalue weighted by atomic mass is 32.1. The highest BCUT2D eigenvalue weighted by Gasteiger charge is 1.98. The van der Waals surface area contributed by atoms with Crippen molar-refractivity contribution in [1.29, 1.82) is 0 Å². The van der Waals surface area contributed by atoms with Crippen LogP contribution in [0.1, 0.15) is 0 Å². The first kappa shape index (κ1) is 9.16. The molecule has 2 N–H and O–H groups in total. The van der Waals surface area contributed by atoms with Crippen molar-refractivity contribution in [2.45, 2.75) is 4.90 Å². The first-order valence-electron chi connectivity index (χ1n) is 4.41. The van der Waals surface area contributed by atoms with E-state index in [1.54, 1.807) is 0 Å². The lowest BCUT2D eigenvalue weighted by atomic mass is 10.1. The predicted molar refractivity (Wildman–Crippen MR) is 63.5 cm³/mol. The lowest BCUT2D eigenvalue weighted by Gasteiger charge is -2.04. The van der Waals surface area contributed by atoms with E-state index in [1.165, 1.54) is 5.56 Å². The van der Waals surface area contributed by atoms with Crippen molar-refractivity contribution >= 4 is 18.3 Å². The van der Waals surface area contributed by atoms with Crippen molar-refractivity contribution in [1.82, 2.24) is 0 Å². The molecule has 1 nitrogen and oxygen atoms in total. The molecule has 0 atom stereocenters. The molecule has 0 aromatic heterocycles. The molecule has 0 amide bonds. The van der Waals surface area contributed by atoms with Crippen LogP contribution in [0.4, 0.5) is 5.69 Å². The Hall–Kier alpha value is -1.41. The lowest BCUT2D eigenvalue weighted by molar-refractivity contribution is 1.46. The molecule has 2 rings (SSSR count). The van der Waals surface area contributed by atoms with Crippen molar-refractivity contribution in [3.05, 3.63) is 48.5 Å². The maximum Gasteiger partial charge on any atom is 0.0450 e. The molecule has 0 aliphatic rings. The summed E-state index contributed by atoms with van der Waals surface area (Å²) in [5.74, 6) is 0. The molecular formula is C12H11NS. The maximum atomic E-state index is 5.69. The monoisotopic (exact) mass is 201 g/mol. The fourth-order valence-corrected chi connectivity index (χ4v) is 1.57. The van der Waals surface area contributed by atoms with E-state index in [4.69, 9.17) is 5.73 Å². The molecular weight excluding hydrogens is 190 g/mol. The largest absolute Gasteiger partial charge is 0.398 e. The molecule has 0 fully saturated rings. The quantitative estimate of drug-likeness (QED) is 0.537. The van der Waals surface area contributed by atoms with Gasteiger partial charge in [-0.1, -0.05) is 36.4 Å². The summed E-state index contributed by atoms with van der Waals surface area (Å²) >= 11 is 4.29. The zero-order chi connectivity index (χ0) is 9.97. The van der Waals surface area contributed by atoms with Crippen molar-refractivity contribution in [3.8, 4) is 11.1 Å². The first-order chi connectivity index (χ1) is 6.77. The van der Waals surface area contributed by atoms with Gasteiger partial charge < -0.3 is 5.73 Å². The summed E-state index contributed by atoms with van der Waals surface area (Å²) in [7, 11) is 0. The summed E-state index contributed by atoms with van der Waals surface area (Å²) in [5, 5.41) is 0. The van der Waals surface area contributed by atoms with Crippen LogP contribution >= 0.6 is 12.6 Å². The topological polar surface area (TPSA) is 26.0 Å². The van der Waals surface area contributed by atoms with E-state index < -0.39 is 0 Å². The van der Waals surface area contributed by atoms with E-state index >= 15 is 0 Å². The van der Waals surface area contributed by atoms with Gasteiger partial charge in [-0.05, 0) is 23.3 Å². The number of anilines is 1. The Morgan fingerprint density at radius 2 is 1.57 bits per heavy atom. The van der Waals surface area contributed by atoms with Gasteiger partial charge in [0.05, 0.1) is 0 Å². The van der Waals surface area contributed by atoms with E-state index in [-0.39, 0.29) is 0 Å². The molecule has 0 saturated carbocycles. The first-order valence-corrected chi connectivity index (χ1v) is 4.86. The van der Waals surface area contributed by atoms with Crippen LogP contribution in [-0.2, 0) is 0 Å². The van der Waals surface area contributed by atoms with Gasteiger partial charge in [-0.25, -0.2) is 0 Å². The van der Waals surface area contributed by atoms with E-state index in [0.29, 0.717) is 5.69 Å². The molecule has 2 aromatic rings. The van der Waals surface area contributed by atoms with Crippen molar-refractivity contribution in [3.63, 3.8) is 0 Å². The number of thiol groups is 1. The summed E-state index contributed by atoms with van der Waals surface area (Å²) in [6.07, 6.45) is 0. The fraction of sp³-hybridized carbons (Fsp3) is 0. The Balaban J connectivity index is 2.48. The number of benzene rings is 2. The van der Waals surface area contributed by atoms with Crippen LogP contribution in [0.5, 0.6) is 0 Å². The van der Waals surface area contributed by atoms with Gasteiger partial charge in [-0.15, -0.1) is 12.6 Å². The van der Waals surface area contributed by atoms with Crippen LogP contribution in [0.2, 0.25) is 0 Å². The van der Waals surface area contributed by atoms with Crippen LogP contribution in [0, 0.1) is 0 Å². The number of nitrogens with two attached hydrogens (primary N) is 1. The molecule has 0 aliphatic carbocycles. The van der Waals surface area contributed by atoms with Crippen LogP contribution in [-0.4, -0.2) is 0 Å². The molecule has 0 radical (unpaired) electrons. The van der Waals surface area contributed by atoms with E-state index in [2.05, 4.69) is 24.8 Å². The Bertz CT molecular complexity index is 437. The lowest BCUT2D eigenvalue weighted by Crippen LogP contribution is -1.86. The predicted octanol–water partition coefficient (Wildman–Crippen LogP) is 3.22. The van der Waals surface area contributed by atoms with Gasteiger partial charge >= 0.3 is 0 Å². The van der Waals surface area contributed by atoms with Crippen molar-refractivity contribution < 1.29 is 0 Å². The molecule has 0 unspecified atom stereocenters. The van der Waals surface area contributed by atoms with Gasteiger partial charge in [0.15, 0.2) is 0 Å². The second-order valence-corrected chi connectivity index (χ2v) is 3.62. The molecule has 70 valence electrons.